The first-order valence-electron chi connectivity index (χ1n) is 7.42. The zero-order chi connectivity index (χ0) is 16.1. The zero-order valence-electron chi connectivity index (χ0n) is 13.5. The van der Waals surface area contributed by atoms with E-state index >= 15 is 0 Å². The molecule has 1 aliphatic heterocycles. The fraction of sp³-hybridized carbons (Fsp3) is 0.412. The van der Waals surface area contributed by atoms with Crippen LogP contribution in [0.25, 0.3) is 0 Å². The molecular weight excluding hydrogens is 278 g/mol. The molecular formula is C17H21N3O2. The van der Waals surface area contributed by atoms with E-state index in [-0.39, 0.29) is 16.8 Å². The minimum Gasteiger partial charge on any atom is -0.361 e. The van der Waals surface area contributed by atoms with Crippen LogP contribution in [-0.2, 0) is 27.1 Å². The summed E-state index contributed by atoms with van der Waals surface area (Å²) in [5.74, 6) is 0. The number of hydrogen-bond acceptors (Lipinski definition) is 3. The predicted octanol–water partition coefficient (Wildman–Crippen LogP) is 1.43. The number of aromatic nitrogens is 2. The predicted molar refractivity (Wildman–Crippen MR) is 87.3 cm³/mol. The van der Waals surface area contributed by atoms with Gasteiger partial charge in [0.1, 0.15) is 0 Å². The van der Waals surface area contributed by atoms with Gasteiger partial charge in [0.25, 0.3) is 5.56 Å². The average molecular weight is 299 g/mol. The summed E-state index contributed by atoms with van der Waals surface area (Å²) in [6.07, 6.45) is 2.61. The Morgan fingerprint density at radius 3 is 2.55 bits per heavy atom. The summed E-state index contributed by atoms with van der Waals surface area (Å²) < 4.78 is 2.63. The Kier molecular flexibility index (Phi) is 3.24. The Balaban J connectivity index is 2.07. The number of anilines is 1. The van der Waals surface area contributed by atoms with Gasteiger partial charge in [0.15, 0.2) is 0 Å². The summed E-state index contributed by atoms with van der Waals surface area (Å²) >= 11 is 0. The molecule has 0 unspecified atom stereocenters. The Bertz CT molecular complexity index is 846. The highest BCUT2D eigenvalue weighted by Crippen LogP contribution is 2.39. The number of aryl methyl sites for hydroxylation is 1. The summed E-state index contributed by atoms with van der Waals surface area (Å²) in [6, 6.07) is 8.29. The second kappa shape index (κ2) is 4.87. The molecule has 0 spiro atoms. The zero-order valence-corrected chi connectivity index (χ0v) is 13.5. The Labute approximate surface area is 129 Å². The van der Waals surface area contributed by atoms with E-state index in [0.29, 0.717) is 12.1 Å². The smallest absolute Gasteiger partial charge is 0.330 e. The molecule has 0 fully saturated rings. The molecule has 0 aliphatic carbocycles. The van der Waals surface area contributed by atoms with Gasteiger partial charge in [-0.25, -0.2) is 4.79 Å². The van der Waals surface area contributed by atoms with Crippen LogP contribution in [0.2, 0.25) is 0 Å². The van der Waals surface area contributed by atoms with Gasteiger partial charge in [0, 0.05) is 31.5 Å². The number of benzene rings is 1. The highest BCUT2D eigenvalue weighted by molar-refractivity contribution is 5.61. The lowest BCUT2D eigenvalue weighted by atomic mass is 9.99. The number of nitrogens with zero attached hydrogens (tertiary/aromatic N) is 3. The van der Waals surface area contributed by atoms with Crippen LogP contribution in [0.5, 0.6) is 0 Å². The van der Waals surface area contributed by atoms with Crippen LogP contribution < -0.4 is 16.1 Å². The Morgan fingerprint density at radius 2 is 1.82 bits per heavy atom. The van der Waals surface area contributed by atoms with Crippen molar-refractivity contribution in [2.75, 3.05) is 4.90 Å². The van der Waals surface area contributed by atoms with E-state index in [9.17, 15) is 9.59 Å². The normalized spacial score (nSPS) is 15.9. The molecule has 0 bridgehead atoms. The van der Waals surface area contributed by atoms with E-state index in [1.165, 1.54) is 27.4 Å². The Hall–Kier alpha value is -2.30. The van der Waals surface area contributed by atoms with Crippen LogP contribution in [0.4, 0.5) is 5.69 Å². The third-order valence-corrected chi connectivity index (χ3v) is 4.48. The van der Waals surface area contributed by atoms with Crippen molar-refractivity contribution in [2.24, 2.45) is 14.1 Å². The van der Waals surface area contributed by atoms with E-state index in [1.807, 2.05) is 12.1 Å². The first-order chi connectivity index (χ1) is 10.3. The number of fused-ring (bicyclic) bond motifs is 1. The first kappa shape index (κ1) is 14.6. The molecule has 0 saturated carbocycles. The molecule has 1 aromatic heterocycles. The van der Waals surface area contributed by atoms with Crippen molar-refractivity contribution >= 4 is 5.69 Å². The van der Waals surface area contributed by atoms with Crippen molar-refractivity contribution < 1.29 is 0 Å². The molecule has 0 saturated heterocycles. The van der Waals surface area contributed by atoms with Crippen molar-refractivity contribution in [3.63, 3.8) is 0 Å². The maximum atomic E-state index is 12.4. The molecule has 0 atom stereocenters. The molecule has 5 heteroatoms. The van der Waals surface area contributed by atoms with Crippen molar-refractivity contribution in [1.82, 2.24) is 9.13 Å². The highest BCUT2D eigenvalue weighted by Gasteiger charge is 2.35. The van der Waals surface area contributed by atoms with E-state index in [0.717, 1.165) is 6.42 Å². The maximum absolute atomic E-state index is 12.4. The van der Waals surface area contributed by atoms with Crippen molar-refractivity contribution in [1.29, 1.82) is 0 Å². The van der Waals surface area contributed by atoms with Gasteiger partial charge in [-0.1, -0.05) is 18.2 Å². The van der Waals surface area contributed by atoms with E-state index in [4.69, 9.17) is 0 Å². The van der Waals surface area contributed by atoms with Crippen LogP contribution in [0.15, 0.2) is 40.1 Å². The second-order valence-electron chi connectivity index (χ2n) is 6.62. The summed E-state index contributed by atoms with van der Waals surface area (Å²) in [6.45, 7) is 4.86. The van der Waals surface area contributed by atoms with Crippen LogP contribution >= 0.6 is 0 Å². The molecule has 2 heterocycles. The molecule has 0 radical (unpaired) electrons. The van der Waals surface area contributed by atoms with Gasteiger partial charge in [-0.2, -0.15) is 0 Å². The summed E-state index contributed by atoms with van der Waals surface area (Å²) in [7, 11) is 3.20. The van der Waals surface area contributed by atoms with Gasteiger partial charge in [0.2, 0.25) is 0 Å². The van der Waals surface area contributed by atoms with E-state index < -0.39 is 0 Å². The molecule has 116 valence electrons. The minimum atomic E-state index is -0.296. The number of hydrogen-bond donors (Lipinski definition) is 0. The molecule has 22 heavy (non-hydrogen) atoms. The lowest BCUT2D eigenvalue weighted by Gasteiger charge is -2.34. The third-order valence-electron chi connectivity index (χ3n) is 4.48. The largest absolute Gasteiger partial charge is 0.361 e. The molecule has 3 rings (SSSR count). The molecule has 2 aromatic rings. The van der Waals surface area contributed by atoms with E-state index in [1.54, 1.807) is 13.2 Å². The quantitative estimate of drug-likeness (QED) is 0.843. The van der Waals surface area contributed by atoms with Crippen molar-refractivity contribution in [3.05, 3.63) is 62.4 Å². The van der Waals surface area contributed by atoms with Crippen LogP contribution in [0, 0.1) is 0 Å². The first-order valence-corrected chi connectivity index (χ1v) is 7.42. The SMILES string of the molecule is Cn1cc(CN2c3ccccc3CC2(C)C)c(=O)n(C)c1=O. The topological polar surface area (TPSA) is 47.2 Å². The number of para-hydroxylation sites is 1. The molecule has 1 aliphatic rings. The summed E-state index contributed by atoms with van der Waals surface area (Å²) in [5.41, 5.74) is 2.54. The van der Waals surface area contributed by atoms with Crippen molar-refractivity contribution in [3.8, 4) is 0 Å². The molecule has 5 nitrogen and oxygen atoms in total. The van der Waals surface area contributed by atoms with Gasteiger partial charge in [-0.3, -0.25) is 9.36 Å². The van der Waals surface area contributed by atoms with Gasteiger partial charge in [-0.05, 0) is 31.9 Å². The number of rotatable bonds is 2. The van der Waals surface area contributed by atoms with Crippen LogP contribution in [0.3, 0.4) is 0 Å². The van der Waals surface area contributed by atoms with Gasteiger partial charge in [0.05, 0.1) is 12.1 Å². The average Bonchev–Trinajstić information content (AvgIpc) is 2.73. The highest BCUT2D eigenvalue weighted by atomic mass is 16.2. The maximum Gasteiger partial charge on any atom is 0.330 e. The summed E-state index contributed by atoms with van der Waals surface area (Å²) in [4.78, 5) is 26.4. The van der Waals surface area contributed by atoms with Crippen LogP contribution in [-0.4, -0.2) is 14.7 Å². The van der Waals surface area contributed by atoms with Gasteiger partial charge < -0.3 is 9.47 Å². The molecule has 1 aromatic carbocycles. The second-order valence-corrected chi connectivity index (χ2v) is 6.62. The monoisotopic (exact) mass is 299 g/mol. The molecule has 0 N–H and O–H groups in total. The lowest BCUT2D eigenvalue weighted by molar-refractivity contribution is 0.480. The standard InChI is InChI=1S/C17H21N3O2/c1-17(2)9-12-7-5-6-8-14(12)20(17)11-13-10-18(3)16(22)19(4)15(13)21/h5-8,10H,9,11H2,1-4H3. The van der Waals surface area contributed by atoms with Crippen LogP contribution in [0.1, 0.15) is 25.0 Å². The van der Waals surface area contributed by atoms with Gasteiger partial charge in [-0.15, -0.1) is 0 Å². The lowest BCUT2D eigenvalue weighted by Crippen LogP contribution is -2.44. The Morgan fingerprint density at radius 1 is 1.14 bits per heavy atom. The third kappa shape index (κ3) is 2.17. The van der Waals surface area contributed by atoms with E-state index in [2.05, 4.69) is 30.9 Å². The summed E-state index contributed by atoms with van der Waals surface area (Å²) in [5, 5.41) is 0. The minimum absolute atomic E-state index is 0.0522. The fourth-order valence-corrected chi connectivity index (χ4v) is 3.27. The molecule has 0 amide bonds. The van der Waals surface area contributed by atoms with Gasteiger partial charge >= 0.3 is 5.69 Å². The van der Waals surface area contributed by atoms with Crippen molar-refractivity contribution in [2.45, 2.75) is 32.4 Å². The fourth-order valence-electron chi connectivity index (χ4n) is 3.27.